The largest absolute Gasteiger partial charge is 0.493 e. The number of benzene rings is 2. The molecule has 28 heavy (non-hydrogen) atoms. The number of nitrogens with two attached hydrogens (primary N) is 1. The van der Waals surface area contributed by atoms with E-state index in [0.29, 0.717) is 34.4 Å². The molecule has 146 valence electrons. The summed E-state index contributed by atoms with van der Waals surface area (Å²) in [5.74, 6) is 1.50. The topological polar surface area (TPSA) is 100 Å². The van der Waals surface area contributed by atoms with Gasteiger partial charge in [-0.05, 0) is 37.1 Å². The molecule has 0 atom stereocenters. The third-order valence-electron chi connectivity index (χ3n) is 4.77. The molecule has 0 fully saturated rings. The number of hydrogen-bond acceptors (Lipinski definition) is 6. The summed E-state index contributed by atoms with van der Waals surface area (Å²) in [6.07, 6.45) is 0. The van der Waals surface area contributed by atoms with Crippen LogP contribution in [0.25, 0.3) is 11.1 Å². The molecular formula is C21H23N3O4. The summed E-state index contributed by atoms with van der Waals surface area (Å²) >= 11 is 0. The maximum absolute atomic E-state index is 12.0. The summed E-state index contributed by atoms with van der Waals surface area (Å²) in [5, 5.41) is 8.07. The standard InChI is InChI=1S/C21H23N3O4/c1-12-23-24-20(28-12)21(2,3)14-8-6-13(7-9-14)17-15(19(22)25)10-11-16(26-4)18(17)27-5/h6-11H,1-5H3,(H2,22,25). The summed E-state index contributed by atoms with van der Waals surface area (Å²) in [4.78, 5) is 12.0. The number of hydrogen-bond donors (Lipinski definition) is 1. The van der Waals surface area contributed by atoms with Crippen molar-refractivity contribution in [3.05, 3.63) is 59.3 Å². The van der Waals surface area contributed by atoms with Crippen molar-refractivity contribution in [2.45, 2.75) is 26.2 Å². The number of rotatable bonds is 6. The van der Waals surface area contributed by atoms with Gasteiger partial charge in [0.25, 0.3) is 0 Å². The number of aryl methyl sites for hydroxylation is 1. The normalized spacial score (nSPS) is 11.3. The van der Waals surface area contributed by atoms with Crippen molar-refractivity contribution in [1.29, 1.82) is 0 Å². The molecule has 0 unspecified atom stereocenters. The Hall–Kier alpha value is -3.35. The Kier molecular flexibility index (Phi) is 5.09. The molecule has 0 spiro atoms. The first kappa shape index (κ1) is 19.4. The summed E-state index contributed by atoms with van der Waals surface area (Å²) in [6.45, 7) is 5.78. The Morgan fingerprint density at radius 3 is 2.21 bits per heavy atom. The van der Waals surface area contributed by atoms with Gasteiger partial charge in [-0.1, -0.05) is 24.3 Å². The van der Waals surface area contributed by atoms with E-state index >= 15 is 0 Å². The van der Waals surface area contributed by atoms with Crippen LogP contribution in [0.4, 0.5) is 0 Å². The van der Waals surface area contributed by atoms with Crippen molar-refractivity contribution in [1.82, 2.24) is 10.2 Å². The third-order valence-corrected chi connectivity index (χ3v) is 4.77. The SMILES string of the molecule is COc1ccc(C(N)=O)c(-c2ccc(C(C)(C)c3nnc(C)o3)cc2)c1OC. The zero-order valence-corrected chi connectivity index (χ0v) is 16.6. The van der Waals surface area contributed by atoms with E-state index in [9.17, 15) is 4.79 Å². The second-order valence-corrected chi connectivity index (χ2v) is 6.92. The van der Waals surface area contributed by atoms with Crippen LogP contribution in [-0.2, 0) is 5.41 Å². The molecule has 0 aliphatic carbocycles. The molecule has 1 amide bonds. The minimum atomic E-state index is -0.540. The molecule has 2 aromatic carbocycles. The monoisotopic (exact) mass is 381 g/mol. The van der Waals surface area contributed by atoms with Gasteiger partial charge in [-0.2, -0.15) is 0 Å². The molecule has 1 aromatic heterocycles. The van der Waals surface area contributed by atoms with Crippen molar-refractivity contribution < 1.29 is 18.7 Å². The van der Waals surface area contributed by atoms with E-state index in [-0.39, 0.29) is 0 Å². The summed E-state index contributed by atoms with van der Waals surface area (Å²) in [5.41, 5.74) is 7.83. The Morgan fingerprint density at radius 1 is 1.04 bits per heavy atom. The third kappa shape index (κ3) is 3.31. The first-order chi connectivity index (χ1) is 13.3. The molecule has 2 N–H and O–H groups in total. The lowest BCUT2D eigenvalue weighted by molar-refractivity contribution is 0.100. The number of nitrogens with zero attached hydrogens (tertiary/aromatic N) is 2. The predicted molar refractivity (Wildman–Crippen MR) is 105 cm³/mol. The van der Waals surface area contributed by atoms with Crippen LogP contribution in [0.2, 0.25) is 0 Å². The van der Waals surface area contributed by atoms with Crippen LogP contribution in [0, 0.1) is 6.92 Å². The van der Waals surface area contributed by atoms with Crippen LogP contribution < -0.4 is 15.2 Å². The minimum absolute atomic E-state index is 0.359. The van der Waals surface area contributed by atoms with Crippen molar-refractivity contribution in [2.24, 2.45) is 5.73 Å². The van der Waals surface area contributed by atoms with Gasteiger partial charge in [-0.3, -0.25) is 4.79 Å². The molecule has 3 aromatic rings. The first-order valence-electron chi connectivity index (χ1n) is 8.76. The smallest absolute Gasteiger partial charge is 0.249 e. The van der Waals surface area contributed by atoms with E-state index in [1.54, 1.807) is 26.2 Å². The van der Waals surface area contributed by atoms with E-state index in [0.717, 1.165) is 11.1 Å². The highest BCUT2D eigenvalue weighted by atomic mass is 16.5. The highest BCUT2D eigenvalue weighted by molar-refractivity contribution is 6.02. The molecular weight excluding hydrogens is 358 g/mol. The predicted octanol–water partition coefficient (Wildman–Crippen LogP) is 3.49. The highest BCUT2D eigenvalue weighted by Gasteiger charge is 2.29. The maximum atomic E-state index is 12.0. The number of amides is 1. The van der Waals surface area contributed by atoms with Crippen molar-refractivity contribution >= 4 is 5.91 Å². The summed E-state index contributed by atoms with van der Waals surface area (Å²) in [6, 6.07) is 11.0. The van der Waals surface area contributed by atoms with Crippen molar-refractivity contribution in [2.75, 3.05) is 14.2 Å². The lowest BCUT2D eigenvalue weighted by Gasteiger charge is -2.21. The van der Waals surface area contributed by atoms with Crippen LogP contribution in [0.1, 0.15) is 41.6 Å². The Bertz CT molecular complexity index is 1010. The van der Waals surface area contributed by atoms with Gasteiger partial charge < -0.3 is 19.6 Å². The quantitative estimate of drug-likeness (QED) is 0.701. The number of ether oxygens (including phenoxy) is 2. The Balaban J connectivity index is 2.10. The van der Waals surface area contributed by atoms with E-state index in [1.165, 1.54) is 7.11 Å². The van der Waals surface area contributed by atoms with Crippen LogP contribution in [-0.4, -0.2) is 30.3 Å². The number of carbonyl (C=O) groups excluding carboxylic acids is 1. The summed E-state index contributed by atoms with van der Waals surface area (Å²) in [7, 11) is 3.07. The highest BCUT2D eigenvalue weighted by Crippen LogP contribution is 2.41. The fourth-order valence-electron chi connectivity index (χ4n) is 3.15. The van der Waals surface area contributed by atoms with Gasteiger partial charge in [0, 0.05) is 12.5 Å². The lowest BCUT2D eigenvalue weighted by Crippen LogP contribution is -2.19. The van der Waals surface area contributed by atoms with Crippen molar-refractivity contribution in [3.63, 3.8) is 0 Å². The second-order valence-electron chi connectivity index (χ2n) is 6.92. The Labute approximate surface area is 163 Å². The molecule has 7 heteroatoms. The van der Waals surface area contributed by atoms with Crippen LogP contribution in [0.15, 0.2) is 40.8 Å². The molecule has 1 heterocycles. The van der Waals surface area contributed by atoms with Crippen LogP contribution in [0.3, 0.4) is 0 Å². The van der Waals surface area contributed by atoms with Gasteiger partial charge >= 0.3 is 0 Å². The zero-order chi connectivity index (χ0) is 20.5. The zero-order valence-electron chi connectivity index (χ0n) is 16.6. The van der Waals surface area contributed by atoms with E-state index in [2.05, 4.69) is 10.2 Å². The van der Waals surface area contributed by atoms with Crippen molar-refractivity contribution in [3.8, 4) is 22.6 Å². The molecule has 3 rings (SSSR count). The molecule has 0 saturated heterocycles. The first-order valence-corrected chi connectivity index (χ1v) is 8.76. The fraction of sp³-hybridized carbons (Fsp3) is 0.286. The Morgan fingerprint density at radius 2 is 1.71 bits per heavy atom. The van der Waals surface area contributed by atoms with Crippen LogP contribution in [0.5, 0.6) is 11.5 Å². The molecule has 0 bridgehead atoms. The van der Waals surface area contributed by atoms with Gasteiger partial charge in [0.15, 0.2) is 11.5 Å². The number of primary amides is 1. The van der Waals surface area contributed by atoms with Gasteiger partial charge in [-0.15, -0.1) is 10.2 Å². The van der Waals surface area contributed by atoms with Crippen LogP contribution >= 0.6 is 0 Å². The molecule has 7 nitrogen and oxygen atoms in total. The molecule has 0 radical (unpaired) electrons. The van der Waals surface area contributed by atoms with Gasteiger partial charge in [-0.25, -0.2) is 0 Å². The van der Waals surface area contributed by atoms with Gasteiger partial charge in [0.2, 0.25) is 17.7 Å². The molecule has 0 saturated carbocycles. The minimum Gasteiger partial charge on any atom is -0.493 e. The van der Waals surface area contributed by atoms with Gasteiger partial charge in [0.05, 0.1) is 25.2 Å². The lowest BCUT2D eigenvalue weighted by atomic mass is 9.83. The second kappa shape index (κ2) is 7.34. The average Bonchev–Trinajstić information content (AvgIpc) is 3.13. The molecule has 0 aliphatic rings. The number of carbonyl (C=O) groups is 1. The van der Waals surface area contributed by atoms with E-state index in [1.807, 2.05) is 38.1 Å². The number of aromatic nitrogens is 2. The molecule has 0 aliphatic heterocycles. The average molecular weight is 381 g/mol. The maximum Gasteiger partial charge on any atom is 0.249 e. The van der Waals surface area contributed by atoms with E-state index < -0.39 is 11.3 Å². The van der Waals surface area contributed by atoms with E-state index in [4.69, 9.17) is 19.6 Å². The summed E-state index contributed by atoms with van der Waals surface area (Å²) < 4.78 is 16.5. The fourth-order valence-corrected chi connectivity index (χ4v) is 3.15. The van der Waals surface area contributed by atoms with Gasteiger partial charge in [0.1, 0.15) is 0 Å². The number of methoxy groups -OCH3 is 2.